The first-order chi connectivity index (χ1) is 8.77. The molecule has 1 aromatic carbocycles. The van der Waals surface area contributed by atoms with E-state index in [1.165, 1.54) is 7.11 Å². The summed E-state index contributed by atoms with van der Waals surface area (Å²) in [6, 6.07) is 9.67. The van der Waals surface area contributed by atoms with Crippen LogP contribution in [0, 0.1) is 0 Å². The van der Waals surface area contributed by atoms with Gasteiger partial charge in [0.15, 0.2) is 0 Å². The largest absolute Gasteiger partial charge is 0.466 e. The van der Waals surface area contributed by atoms with Crippen LogP contribution in [0.1, 0.15) is 25.3 Å². The van der Waals surface area contributed by atoms with Gasteiger partial charge in [-0.1, -0.05) is 43.7 Å². The van der Waals surface area contributed by atoms with Crippen molar-refractivity contribution in [2.75, 3.05) is 20.3 Å². The highest BCUT2D eigenvalue weighted by atomic mass is 16.5. The number of benzene rings is 1. The van der Waals surface area contributed by atoms with Gasteiger partial charge in [0.1, 0.15) is 0 Å². The van der Waals surface area contributed by atoms with Crippen LogP contribution in [0.5, 0.6) is 0 Å². The molecule has 0 saturated heterocycles. The number of unbranched alkanes of at least 4 members (excludes halogenated alkanes) is 1. The predicted octanol–water partition coefficient (Wildman–Crippen LogP) is 3.06. The summed E-state index contributed by atoms with van der Waals surface area (Å²) in [6.07, 6.45) is 3.88. The minimum atomic E-state index is -0.338. The Morgan fingerprint density at radius 1 is 1.28 bits per heavy atom. The molecule has 0 N–H and O–H groups in total. The van der Waals surface area contributed by atoms with Gasteiger partial charge in [-0.3, -0.25) is 0 Å². The van der Waals surface area contributed by atoms with E-state index in [1.54, 1.807) is 6.08 Å². The van der Waals surface area contributed by atoms with Gasteiger partial charge in [0.25, 0.3) is 0 Å². The van der Waals surface area contributed by atoms with E-state index in [-0.39, 0.29) is 5.97 Å². The lowest BCUT2D eigenvalue weighted by Crippen LogP contribution is -2.11. The van der Waals surface area contributed by atoms with Crippen molar-refractivity contribution in [3.63, 3.8) is 0 Å². The standard InChI is InChI=1S/C15H20O3/c1-3-4-10-18-12-14(15(16)17-2)11-13-8-6-5-7-9-13/h5-9,11H,3-4,10,12H2,1-2H3. The van der Waals surface area contributed by atoms with Crippen molar-refractivity contribution in [2.24, 2.45) is 0 Å². The van der Waals surface area contributed by atoms with Crippen molar-refractivity contribution >= 4 is 12.0 Å². The fraction of sp³-hybridized carbons (Fsp3) is 0.400. The van der Waals surface area contributed by atoms with Crippen LogP contribution in [0.3, 0.4) is 0 Å². The molecule has 1 aromatic rings. The van der Waals surface area contributed by atoms with E-state index in [1.807, 2.05) is 30.3 Å². The summed E-state index contributed by atoms with van der Waals surface area (Å²) >= 11 is 0. The zero-order valence-electron chi connectivity index (χ0n) is 11.0. The second-order valence-corrected chi connectivity index (χ2v) is 3.98. The van der Waals surface area contributed by atoms with Gasteiger partial charge in [-0.15, -0.1) is 0 Å². The zero-order valence-corrected chi connectivity index (χ0v) is 11.0. The maximum absolute atomic E-state index is 11.6. The Bertz CT molecular complexity index is 382. The normalized spacial score (nSPS) is 11.3. The van der Waals surface area contributed by atoms with E-state index < -0.39 is 0 Å². The van der Waals surface area contributed by atoms with Crippen LogP contribution >= 0.6 is 0 Å². The van der Waals surface area contributed by atoms with E-state index in [4.69, 9.17) is 9.47 Å². The number of hydrogen-bond donors (Lipinski definition) is 0. The molecule has 0 saturated carbocycles. The highest BCUT2D eigenvalue weighted by Gasteiger charge is 2.09. The lowest BCUT2D eigenvalue weighted by atomic mass is 10.1. The maximum Gasteiger partial charge on any atom is 0.336 e. The van der Waals surface area contributed by atoms with Gasteiger partial charge in [-0.2, -0.15) is 0 Å². The molecule has 3 nitrogen and oxygen atoms in total. The molecule has 0 aliphatic rings. The molecule has 0 bridgehead atoms. The fourth-order valence-electron chi connectivity index (χ4n) is 1.47. The van der Waals surface area contributed by atoms with Crippen molar-refractivity contribution < 1.29 is 14.3 Å². The van der Waals surface area contributed by atoms with Crippen molar-refractivity contribution in [3.8, 4) is 0 Å². The third kappa shape index (κ3) is 5.15. The second-order valence-electron chi connectivity index (χ2n) is 3.98. The Hall–Kier alpha value is -1.61. The third-order valence-electron chi connectivity index (χ3n) is 2.49. The highest BCUT2D eigenvalue weighted by Crippen LogP contribution is 2.09. The quantitative estimate of drug-likeness (QED) is 0.422. The van der Waals surface area contributed by atoms with Crippen molar-refractivity contribution in [1.82, 2.24) is 0 Å². The first-order valence-corrected chi connectivity index (χ1v) is 6.19. The van der Waals surface area contributed by atoms with Crippen LogP contribution < -0.4 is 0 Å². The number of carbonyl (C=O) groups is 1. The molecular formula is C15H20O3. The molecule has 0 spiro atoms. The molecule has 0 unspecified atom stereocenters. The molecule has 3 heteroatoms. The van der Waals surface area contributed by atoms with E-state index >= 15 is 0 Å². The SMILES string of the molecule is CCCCOCC(=Cc1ccccc1)C(=O)OC. The maximum atomic E-state index is 11.6. The van der Waals surface area contributed by atoms with Crippen LogP contribution in [-0.4, -0.2) is 26.3 Å². The van der Waals surface area contributed by atoms with Crippen molar-refractivity contribution in [3.05, 3.63) is 41.5 Å². The van der Waals surface area contributed by atoms with Gasteiger partial charge in [0.2, 0.25) is 0 Å². The molecule has 0 heterocycles. The number of hydrogen-bond acceptors (Lipinski definition) is 3. The number of esters is 1. The number of rotatable bonds is 7. The van der Waals surface area contributed by atoms with E-state index in [2.05, 4.69) is 6.92 Å². The molecule has 98 valence electrons. The van der Waals surface area contributed by atoms with Crippen LogP contribution in [-0.2, 0) is 14.3 Å². The predicted molar refractivity (Wildman–Crippen MR) is 72.2 cm³/mol. The Kier molecular flexibility index (Phi) is 6.81. The summed E-state index contributed by atoms with van der Waals surface area (Å²) in [7, 11) is 1.38. The fourth-order valence-corrected chi connectivity index (χ4v) is 1.47. The molecule has 0 aromatic heterocycles. The summed E-state index contributed by atoms with van der Waals surface area (Å²) < 4.78 is 10.2. The lowest BCUT2D eigenvalue weighted by Gasteiger charge is -2.07. The van der Waals surface area contributed by atoms with Gasteiger partial charge in [-0.05, 0) is 18.1 Å². The van der Waals surface area contributed by atoms with Crippen molar-refractivity contribution in [1.29, 1.82) is 0 Å². The van der Waals surface area contributed by atoms with Gasteiger partial charge < -0.3 is 9.47 Å². The summed E-state index contributed by atoms with van der Waals surface area (Å²) in [6.45, 7) is 3.06. The lowest BCUT2D eigenvalue weighted by molar-refractivity contribution is -0.136. The average Bonchev–Trinajstić information content (AvgIpc) is 2.42. The Morgan fingerprint density at radius 2 is 2.00 bits per heavy atom. The number of ether oxygens (including phenoxy) is 2. The Morgan fingerprint density at radius 3 is 2.61 bits per heavy atom. The minimum Gasteiger partial charge on any atom is -0.466 e. The smallest absolute Gasteiger partial charge is 0.336 e. The van der Waals surface area contributed by atoms with Crippen LogP contribution in [0.15, 0.2) is 35.9 Å². The molecule has 0 aliphatic heterocycles. The van der Waals surface area contributed by atoms with Crippen LogP contribution in [0.2, 0.25) is 0 Å². The second kappa shape index (κ2) is 8.48. The van der Waals surface area contributed by atoms with E-state index in [0.29, 0.717) is 18.8 Å². The van der Waals surface area contributed by atoms with Crippen LogP contribution in [0.25, 0.3) is 6.08 Å². The van der Waals surface area contributed by atoms with Crippen LogP contribution in [0.4, 0.5) is 0 Å². The summed E-state index contributed by atoms with van der Waals surface area (Å²) in [5.74, 6) is -0.338. The molecule has 0 atom stereocenters. The van der Waals surface area contributed by atoms with Gasteiger partial charge in [0.05, 0.1) is 19.3 Å². The number of carbonyl (C=O) groups excluding carboxylic acids is 1. The molecule has 1 rings (SSSR count). The summed E-state index contributed by atoms with van der Waals surface area (Å²) in [5.41, 5.74) is 1.51. The Labute approximate surface area is 108 Å². The molecule has 0 radical (unpaired) electrons. The number of methoxy groups -OCH3 is 1. The summed E-state index contributed by atoms with van der Waals surface area (Å²) in [4.78, 5) is 11.6. The minimum absolute atomic E-state index is 0.293. The first-order valence-electron chi connectivity index (χ1n) is 6.19. The monoisotopic (exact) mass is 248 g/mol. The van der Waals surface area contributed by atoms with E-state index in [9.17, 15) is 4.79 Å². The van der Waals surface area contributed by atoms with E-state index in [0.717, 1.165) is 18.4 Å². The molecule has 0 aliphatic carbocycles. The van der Waals surface area contributed by atoms with Gasteiger partial charge in [0, 0.05) is 6.61 Å². The Balaban J connectivity index is 2.66. The first kappa shape index (κ1) is 14.5. The molecular weight excluding hydrogens is 228 g/mol. The topological polar surface area (TPSA) is 35.5 Å². The molecule has 0 amide bonds. The summed E-state index contributed by atoms with van der Waals surface area (Å²) in [5, 5.41) is 0. The van der Waals surface area contributed by atoms with Gasteiger partial charge >= 0.3 is 5.97 Å². The van der Waals surface area contributed by atoms with Gasteiger partial charge in [-0.25, -0.2) is 4.79 Å². The average molecular weight is 248 g/mol. The zero-order chi connectivity index (χ0) is 13.2. The molecule has 18 heavy (non-hydrogen) atoms. The van der Waals surface area contributed by atoms with Crippen molar-refractivity contribution in [2.45, 2.75) is 19.8 Å². The molecule has 0 fully saturated rings. The third-order valence-corrected chi connectivity index (χ3v) is 2.49. The highest BCUT2D eigenvalue weighted by molar-refractivity contribution is 5.93.